The molecule has 0 spiro atoms. The fourth-order valence-corrected chi connectivity index (χ4v) is 7.65. The quantitative estimate of drug-likeness (QED) is 0.184. The van der Waals surface area contributed by atoms with E-state index in [1.807, 2.05) is 0 Å². The van der Waals surface area contributed by atoms with E-state index in [1.54, 1.807) is 0 Å². The number of hydrogen-bond donors (Lipinski definition) is 0. The zero-order valence-electron chi connectivity index (χ0n) is 26.8. The predicted molar refractivity (Wildman–Crippen MR) is 210 cm³/mol. The van der Waals surface area contributed by atoms with E-state index in [-0.39, 0.29) is 0 Å². The summed E-state index contributed by atoms with van der Waals surface area (Å²) in [6, 6.07) is 68.8. The van der Waals surface area contributed by atoms with Crippen molar-refractivity contribution in [1.82, 2.24) is 4.57 Å². The molecule has 0 unspecified atom stereocenters. The Morgan fingerprint density at radius 3 is 1.51 bits per heavy atom. The Morgan fingerprint density at radius 1 is 0.265 bits per heavy atom. The maximum absolute atomic E-state index is 2.41. The Bertz CT molecular complexity index is 2860. The van der Waals surface area contributed by atoms with Crippen molar-refractivity contribution in [3.05, 3.63) is 188 Å². The van der Waals surface area contributed by atoms with Gasteiger partial charge in [-0.3, -0.25) is 0 Å². The molecule has 1 heterocycles. The van der Waals surface area contributed by atoms with Crippen molar-refractivity contribution >= 4 is 54.1 Å². The van der Waals surface area contributed by atoms with E-state index in [0.29, 0.717) is 0 Å². The minimum atomic E-state index is 1.16. The lowest BCUT2D eigenvalue weighted by atomic mass is 9.95. The highest BCUT2D eigenvalue weighted by atomic mass is 15.0. The summed E-state index contributed by atoms with van der Waals surface area (Å²) in [7, 11) is 0. The highest BCUT2D eigenvalue weighted by molar-refractivity contribution is 6.22. The second-order valence-electron chi connectivity index (χ2n) is 13.0. The van der Waals surface area contributed by atoms with Gasteiger partial charge in [0.2, 0.25) is 0 Å². The lowest BCUT2D eigenvalue weighted by Gasteiger charge is -2.11. The zero-order chi connectivity index (χ0) is 32.3. The predicted octanol–water partition coefficient (Wildman–Crippen LogP) is 13.2. The summed E-state index contributed by atoms with van der Waals surface area (Å²) >= 11 is 0. The number of hydrogen-bond acceptors (Lipinski definition) is 0. The molecular formula is C48H31N. The van der Waals surface area contributed by atoms with E-state index < -0.39 is 0 Å². The monoisotopic (exact) mass is 621 g/mol. The summed E-state index contributed by atoms with van der Waals surface area (Å²) in [6.45, 7) is 0. The second-order valence-corrected chi connectivity index (χ2v) is 13.0. The number of para-hydroxylation sites is 1. The molecule has 0 aliphatic rings. The van der Waals surface area contributed by atoms with Gasteiger partial charge in [0.15, 0.2) is 0 Å². The first-order valence-corrected chi connectivity index (χ1v) is 16.9. The first kappa shape index (κ1) is 27.7. The SMILES string of the molecule is c1ccc(-c2ccc(-n3c4ccccc4c4c5cc(-c6ccc7ccc(-c8ccc9ccccc9c8)cc7c6)ccc5ccc43)cc2)cc1. The van der Waals surface area contributed by atoms with Crippen LogP contribution < -0.4 is 0 Å². The van der Waals surface area contributed by atoms with Gasteiger partial charge >= 0.3 is 0 Å². The van der Waals surface area contributed by atoms with Crippen LogP contribution in [0.3, 0.4) is 0 Å². The van der Waals surface area contributed by atoms with E-state index in [0.717, 1.165) is 5.69 Å². The van der Waals surface area contributed by atoms with Crippen LogP contribution in [0.1, 0.15) is 0 Å². The zero-order valence-corrected chi connectivity index (χ0v) is 26.8. The van der Waals surface area contributed by atoms with Gasteiger partial charge in [0.05, 0.1) is 11.0 Å². The molecule has 10 aromatic rings. The molecule has 1 heteroatoms. The molecule has 1 nitrogen and oxygen atoms in total. The van der Waals surface area contributed by atoms with Gasteiger partial charge in [0, 0.05) is 16.5 Å². The van der Waals surface area contributed by atoms with Crippen LogP contribution in [0.15, 0.2) is 188 Å². The topological polar surface area (TPSA) is 4.93 Å². The van der Waals surface area contributed by atoms with Crippen LogP contribution in [-0.2, 0) is 0 Å². The molecule has 0 aliphatic heterocycles. The van der Waals surface area contributed by atoms with Gasteiger partial charge in [-0.1, -0.05) is 140 Å². The first-order chi connectivity index (χ1) is 24.3. The Morgan fingerprint density at radius 2 is 0.776 bits per heavy atom. The molecular weight excluding hydrogens is 591 g/mol. The van der Waals surface area contributed by atoms with E-state index in [9.17, 15) is 0 Å². The maximum atomic E-state index is 2.41. The summed E-state index contributed by atoms with van der Waals surface area (Å²) < 4.78 is 2.41. The molecule has 1 aromatic heterocycles. The molecule has 0 radical (unpaired) electrons. The fourth-order valence-electron chi connectivity index (χ4n) is 7.65. The van der Waals surface area contributed by atoms with Crippen molar-refractivity contribution < 1.29 is 0 Å². The molecule has 49 heavy (non-hydrogen) atoms. The Kier molecular flexibility index (Phi) is 6.25. The lowest BCUT2D eigenvalue weighted by Crippen LogP contribution is -1.93. The molecule has 0 fully saturated rings. The van der Waals surface area contributed by atoms with Gasteiger partial charge in [-0.05, 0) is 114 Å². The number of fused-ring (bicyclic) bond motifs is 7. The third-order valence-electron chi connectivity index (χ3n) is 10.1. The van der Waals surface area contributed by atoms with E-state index in [2.05, 4.69) is 193 Å². The van der Waals surface area contributed by atoms with Crippen molar-refractivity contribution in [1.29, 1.82) is 0 Å². The van der Waals surface area contributed by atoms with E-state index >= 15 is 0 Å². The standard InChI is InChI=1S/C48H31N/c1-2-8-32(9-3-1)34-22-25-43(26-23-34)49-46-13-7-6-12-44(46)48-45-31-41(21-17-36(45)24-27-47(48)49)40-20-16-35-15-19-39(29-42(35)30-40)38-18-14-33-10-4-5-11-37(33)28-38/h1-31H. The lowest BCUT2D eigenvalue weighted by molar-refractivity contribution is 1.18. The molecule has 228 valence electrons. The normalized spacial score (nSPS) is 11.7. The van der Waals surface area contributed by atoms with Crippen LogP contribution in [0.5, 0.6) is 0 Å². The summed E-state index contributed by atoms with van der Waals surface area (Å²) in [5.74, 6) is 0. The second kappa shape index (κ2) is 11.1. The molecule has 0 bridgehead atoms. The van der Waals surface area contributed by atoms with Gasteiger partial charge in [0.25, 0.3) is 0 Å². The van der Waals surface area contributed by atoms with E-state index in [4.69, 9.17) is 0 Å². The van der Waals surface area contributed by atoms with E-state index in [1.165, 1.54) is 87.5 Å². The Balaban J connectivity index is 1.10. The number of nitrogens with zero attached hydrogens (tertiary/aromatic N) is 1. The highest BCUT2D eigenvalue weighted by Gasteiger charge is 2.15. The summed E-state index contributed by atoms with van der Waals surface area (Å²) in [5.41, 5.74) is 11.0. The van der Waals surface area contributed by atoms with Crippen LogP contribution in [0.4, 0.5) is 0 Å². The van der Waals surface area contributed by atoms with Gasteiger partial charge in [-0.15, -0.1) is 0 Å². The van der Waals surface area contributed by atoms with Crippen molar-refractivity contribution in [2.45, 2.75) is 0 Å². The first-order valence-electron chi connectivity index (χ1n) is 16.9. The fraction of sp³-hybridized carbons (Fsp3) is 0. The van der Waals surface area contributed by atoms with Gasteiger partial charge in [-0.25, -0.2) is 0 Å². The molecule has 0 saturated carbocycles. The molecule has 0 N–H and O–H groups in total. The summed E-state index contributed by atoms with van der Waals surface area (Å²) in [5, 5.41) is 10.1. The van der Waals surface area contributed by atoms with Crippen LogP contribution in [0.2, 0.25) is 0 Å². The van der Waals surface area contributed by atoms with Gasteiger partial charge in [0.1, 0.15) is 0 Å². The minimum Gasteiger partial charge on any atom is -0.309 e. The number of rotatable bonds is 4. The third kappa shape index (κ3) is 4.63. The van der Waals surface area contributed by atoms with Crippen molar-refractivity contribution in [2.24, 2.45) is 0 Å². The van der Waals surface area contributed by atoms with Gasteiger partial charge < -0.3 is 4.57 Å². The third-order valence-corrected chi connectivity index (χ3v) is 10.1. The number of benzene rings is 9. The van der Waals surface area contributed by atoms with Crippen LogP contribution in [0, 0.1) is 0 Å². The summed E-state index contributed by atoms with van der Waals surface area (Å²) in [6.07, 6.45) is 0. The highest BCUT2D eigenvalue weighted by Crippen LogP contribution is 2.39. The maximum Gasteiger partial charge on any atom is 0.0547 e. The summed E-state index contributed by atoms with van der Waals surface area (Å²) in [4.78, 5) is 0. The van der Waals surface area contributed by atoms with Crippen molar-refractivity contribution in [3.63, 3.8) is 0 Å². The molecule has 10 rings (SSSR count). The van der Waals surface area contributed by atoms with Gasteiger partial charge in [-0.2, -0.15) is 0 Å². The Labute approximate surface area is 284 Å². The van der Waals surface area contributed by atoms with Crippen molar-refractivity contribution in [2.75, 3.05) is 0 Å². The average molecular weight is 622 g/mol. The van der Waals surface area contributed by atoms with Crippen LogP contribution >= 0.6 is 0 Å². The largest absolute Gasteiger partial charge is 0.309 e. The molecule has 9 aromatic carbocycles. The minimum absolute atomic E-state index is 1.16. The molecule has 0 aliphatic carbocycles. The molecule has 0 atom stereocenters. The van der Waals surface area contributed by atoms with Crippen molar-refractivity contribution in [3.8, 4) is 39.1 Å². The number of aromatic nitrogens is 1. The molecule has 0 saturated heterocycles. The van der Waals surface area contributed by atoms with Crippen LogP contribution in [0.25, 0.3) is 93.2 Å². The average Bonchev–Trinajstić information content (AvgIpc) is 3.52. The Hall–Kier alpha value is -6.44. The smallest absolute Gasteiger partial charge is 0.0547 e. The molecule has 0 amide bonds. The van der Waals surface area contributed by atoms with Crippen LogP contribution in [-0.4, -0.2) is 4.57 Å².